The maximum Gasteiger partial charge on any atom is 0.225 e. The second kappa shape index (κ2) is 14.6. The van der Waals surface area contributed by atoms with Crippen LogP contribution in [-0.4, -0.2) is 23.2 Å². The van der Waals surface area contributed by atoms with Gasteiger partial charge in [0.25, 0.3) is 0 Å². The molecular weight excluding hydrogens is 310 g/mol. The van der Waals surface area contributed by atoms with Gasteiger partial charge in [-0.3, -0.25) is 4.79 Å². The second-order valence-corrected chi connectivity index (χ2v) is 8.76. The minimum absolute atomic E-state index is 0.00810. The first-order valence-electron chi connectivity index (χ1n) is 10.8. The highest BCUT2D eigenvalue weighted by molar-refractivity contribution is 5.81. The van der Waals surface area contributed by atoms with Crippen LogP contribution in [0.5, 0.6) is 0 Å². The second-order valence-electron chi connectivity index (χ2n) is 8.76. The molecule has 0 bridgehead atoms. The molecular formula is C22H45NO2. The fourth-order valence-corrected chi connectivity index (χ4v) is 2.96. The van der Waals surface area contributed by atoms with Crippen molar-refractivity contribution in [1.82, 2.24) is 5.32 Å². The molecule has 2 N–H and O–H groups in total. The van der Waals surface area contributed by atoms with E-state index in [1.165, 1.54) is 70.6 Å². The Labute approximate surface area is 157 Å². The number of rotatable bonds is 15. The third-order valence-corrected chi connectivity index (χ3v) is 4.97. The van der Waals surface area contributed by atoms with E-state index >= 15 is 0 Å². The Hall–Kier alpha value is -0.570. The number of unbranched alkanes of at least 4 members (excludes halogenated alkanes) is 11. The molecule has 0 unspecified atom stereocenters. The largest absolute Gasteiger partial charge is 0.391 e. The molecule has 0 radical (unpaired) electrons. The van der Waals surface area contributed by atoms with Crippen LogP contribution in [0.1, 0.15) is 118 Å². The average Bonchev–Trinajstić information content (AvgIpc) is 2.54. The molecule has 2 atom stereocenters. The van der Waals surface area contributed by atoms with Crippen LogP contribution in [-0.2, 0) is 4.79 Å². The van der Waals surface area contributed by atoms with Crippen LogP contribution in [0.2, 0.25) is 0 Å². The first kappa shape index (κ1) is 24.4. The molecule has 1 amide bonds. The molecule has 0 saturated heterocycles. The van der Waals surface area contributed by atoms with Crippen molar-refractivity contribution in [2.75, 3.05) is 0 Å². The lowest BCUT2D eigenvalue weighted by atomic mass is 9.94. The molecule has 3 heteroatoms. The van der Waals surface area contributed by atoms with Crippen molar-refractivity contribution in [1.29, 1.82) is 0 Å². The molecule has 0 rings (SSSR count). The molecule has 0 saturated carbocycles. The van der Waals surface area contributed by atoms with E-state index < -0.39 is 11.5 Å². The number of aliphatic hydroxyl groups is 1. The van der Waals surface area contributed by atoms with E-state index in [9.17, 15) is 9.90 Å². The van der Waals surface area contributed by atoms with Gasteiger partial charge in [-0.1, -0.05) is 105 Å². The van der Waals surface area contributed by atoms with Gasteiger partial charge in [-0.25, -0.2) is 0 Å². The van der Waals surface area contributed by atoms with Gasteiger partial charge < -0.3 is 10.4 Å². The molecule has 0 aromatic rings. The number of amides is 1. The zero-order valence-corrected chi connectivity index (χ0v) is 17.7. The maximum atomic E-state index is 11.9. The SMILES string of the molecule is CCCCCCCCCCCCCC[C@H](O)[C@@H](C)NC(=O)C(C)(C)C. The van der Waals surface area contributed by atoms with Crippen molar-refractivity contribution in [3.05, 3.63) is 0 Å². The Morgan fingerprint density at radius 3 is 1.64 bits per heavy atom. The summed E-state index contributed by atoms with van der Waals surface area (Å²) < 4.78 is 0. The van der Waals surface area contributed by atoms with Gasteiger partial charge >= 0.3 is 0 Å². The zero-order chi connectivity index (χ0) is 19.1. The number of aliphatic hydroxyl groups excluding tert-OH is 1. The van der Waals surface area contributed by atoms with Gasteiger partial charge in [0.1, 0.15) is 0 Å². The molecule has 0 aliphatic heterocycles. The number of carbonyl (C=O) groups is 1. The number of carbonyl (C=O) groups excluding carboxylic acids is 1. The molecule has 0 aliphatic carbocycles. The van der Waals surface area contributed by atoms with E-state index in [1.54, 1.807) is 0 Å². The lowest BCUT2D eigenvalue weighted by Gasteiger charge is -2.25. The smallest absolute Gasteiger partial charge is 0.225 e. The summed E-state index contributed by atoms with van der Waals surface area (Å²) in [6.45, 7) is 9.85. The first-order chi connectivity index (χ1) is 11.8. The highest BCUT2D eigenvalue weighted by atomic mass is 16.3. The van der Waals surface area contributed by atoms with Crippen molar-refractivity contribution in [3.63, 3.8) is 0 Å². The van der Waals surface area contributed by atoms with Crippen molar-refractivity contribution in [2.45, 2.75) is 130 Å². The fraction of sp³-hybridized carbons (Fsp3) is 0.955. The average molecular weight is 356 g/mol. The molecule has 0 aliphatic rings. The van der Waals surface area contributed by atoms with Crippen LogP contribution in [0.4, 0.5) is 0 Å². The van der Waals surface area contributed by atoms with Crippen molar-refractivity contribution in [2.24, 2.45) is 5.41 Å². The zero-order valence-electron chi connectivity index (χ0n) is 17.7. The standard InChI is InChI=1S/C22H45NO2/c1-6-7-8-9-10-11-12-13-14-15-16-17-18-20(24)19(2)23-21(25)22(3,4)5/h19-20,24H,6-18H2,1-5H3,(H,23,25)/t19-,20+/m1/s1. The van der Waals surface area contributed by atoms with Crippen LogP contribution >= 0.6 is 0 Å². The van der Waals surface area contributed by atoms with Gasteiger partial charge in [0.2, 0.25) is 5.91 Å². The summed E-state index contributed by atoms with van der Waals surface area (Å²) in [6.07, 6.45) is 16.3. The summed E-state index contributed by atoms with van der Waals surface area (Å²) in [5, 5.41) is 13.1. The van der Waals surface area contributed by atoms with Crippen LogP contribution in [0.15, 0.2) is 0 Å². The number of hydrogen-bond donors (Lipinski definition) is 2. The molecule has 25 heavy (non-hydrogen) atoms. The van der Waals surface area contributed by atoms with Crippen molar-refractivity contribution < 1.29 is 9.90 Å². The van der Waals surface area contributed by atoms with E-state index in [0.717, 1.165) is 12.8 Å². The Morgan fingerprint density at radius 1 is 0.840 bits per heavy atom. The summed E-state index contributed by atoms with van der Waals surface area (Å²) in [5.74, 6) is 0.00810. The van der Waals surface area contributed by atoms with Crippen LogP contribution in [0, 0.1) is 5.41 Å². The highest BCUT2D eigenvalue weighted by Crippen LogP contribution is 2.16. The van der Waals surface area contributed by atoms with Crippen molar-refractivity contribution in [3.8, 4) is 0 Å². The van der Waals surface area contributed by atoms with Gasteiger partial charge in [-0.15, -0.1) is 0 Å². The monoisotopic (exact) mass is 355 g/mol. The Morgan fingerprint density at radius 2 is 1.24 bits per heavy atom. The quantitative estimate of drug-likeness (QED) is 0.354. The summed E-state index contributed by atoms with van der Waals surface area (Å²) in [4.78, 5) is 11.9. The predicted molar refractivity (Wildman–Crippen MR) is 109 cm³/mol. The van der Waals surface area contributed by atoms with Gasteiger partial charge in [0.15, 0.2) is 0 Å². The molecule has 0 fully saturated rings. The first-order valence-corrected chi connectivity index (χ1v) is 10.8. The number of nitrogens with one attached hydrogen (secondary N) is 1. The van der Waals surface area contributed by atoms with E-state index in [0.29, 0.717) is 0 Å². The van der Waals surface area contributed by atoms with E-state index in [-0.39, 0.29) is 11.9 Å². The Kier molecular flexibility index (Phi) is 14.3. The van der Waals surface area contributed by atoms with Crippen LogP contribution in [0.25, 0.3) is 0 Å². The van der Waals surface area contributed by atoms with Gasteiger partial charge in [0.05, 0.1) is 12.1 Å². The summed E-state index contributed by atoms with van der Waals surface area (Å²) in [7, 11) is 0. The summed E-state index contributed by atoms with van der Waals surface area (Å²) in [6, 6.07) is -0.167. The molecule has 150 valence electrons. The Balaban J connectivity index is 3.48. The van der Waals surface area contributed by atoms with Gasteiger partial charge in [0, 0.05) is 5.41 Å². The highest BCUT2D eigenvalue weighted by Gasteiger charge is 2.24. The normalized spacial score (nSPS) is 14.3. The molecule has 0 heterocycles. The summed E-state index contributed by atoms with van der Waals surface area (Å²) in [5.41, 5.74) is -0.399. The molecule has 0 aromatic carbocycles. The lowest BCUT2D eigenvalue weighted by Crippen LogP contribution is -2.45. The summed E-state index contributed by atoms with van der Waals surface area (Å²) >= 11 is 0. The lowest BCUT2D eigenvalue weighted by molar-refractivity contribution is -0.130. The van der Waals surface area contributed by atoms with Gasteiger partial charge in [-0.05, 0) is 13.3 Å². The Bertz CT molecular complexity index is 322. The maximum absolute atomic E-state index is 11.9. The fourth-order valence-electron chi connectivity index (χ4n) is 2.96. The molecule has 0 spiro atoms. The van der Waals surface area contributed by atoms with E-state index in [1.807, 2.05) is 27.7 Å². The van der Waals surface area contributed by atoms with Crippen molar-refractivity contribution >= 4 is 5.91 Å². The van der Waals surface area contributed by atoms with E-state index in [4.69, 9.17) is 0 Å². The minimum Gasteiger partial charge on any atom is -0.391 e. The predicted octanol–water partition coefficient (Wildman–Crippen LogP) is 5.99. The van der Waals surface area contributed by atoms with Crippen LogP contribution < -0.4 is 5.32 Å². The van der Waals surface area contributed by atoms with E-state index in [2.05, 4.69) is 12.2 Å². The van der Waals surface area contributed by atoms with Gasteiger partial charge in [-0.2, -0.15) is 0 Å². The third kappa shape index (κ3) is 14.3. The topological polar surface area (TPSA) is 49.3 Å². The number of hydrogen-bond acceptors (Lipinski definition) is 2. The molecule has 3 nitrogen and oxygen atoms in total. The third-order valence-electron chi connectivity index (χ3n) is 4.97. The minimum atomic E-state index is -0.436. The molecule has 0 aromatic heterocycles. The van der Waals surface area contributed by atoms with Crippen LogP contribution in [0.3, 0.4) is 0 Å².